The van der Waals surface area contributed by atoms with Gasteiger partial charge in [0.1, 0.15) is 5.60 Å². The molecule has 1 rings (SSSR count). The molecular weight excluding hydrogens is 228 g/mol. The molecule has 0 heterocycles. The first kappa shape index (κ1) is 14.7. The van der Waals surface area contributed by atoms with Crippen LogP contribution in [0, 0.1) is 0 Å². The standard InChI is InChI=1S/C15H22O3/c1-5-6-9-12-10-7-8-11-13(12)14(16)17-18-15(2,3)4/h7-8,10-11H,5-6,9H2,1-4H3. The van der Waals surface area contributed by atoms with Crippen LogP contribution in [-0.4, -0.2) is 11.6 Å². The Labute approximate surface area is 109 Å². The molecule has 0 saturated heterocycles. The maximum Gasteiger partial charge on any atom is 0.373 e. The minimum absolute atomic E-state index is 0.420. The van der Waals surface area contributed by atoms with Gasteiger partial charge in [0.05, 0.1) is 5.56 Å². The van der Waals surface area contributed by atoms with Crippen molar-refractivity contribution in [3.8, 4) is 0 Å². The van der Waals surface area contributed by atoms with E-state index < -0.39 is 11.6 Å². The van der Waals surface area contributed by atoms with Crippen LogP contribution in [-0.2, 0) is 16.2 Å². The number of benzene rings is 1. The van der Waals surface area contributed by atoms with Crippen molar-refractivity contribution in [1.82, 2.24) is 0 Å². The molecule has 0 spiro atoms. The minimum atomic E-state index is -0.492. The third-order valence-electron chi connectivity index (χ3n) is 2.40. The van der Waals surface area contributed by atoms with E-state index in [-0.39, 0.29) is 0 Å². The highest BCUT2D eigenvalue weighted by molar-refractivity contribution is 5.90. The highest BCUT2D eigenvalue weighted by atomic mass is 17.2. The second-order valence-corrected chi connectivity index (χ2v) is 5.33. The van der Waals surface area contributed by atoms with Gasteiger partial charge in [0.15, 0.2) is 0 Å². The van der Waals surface area contributed by atoms with Gasteiger partial charge >= 0.3 is 5.97 Å². The van der Waals surface area contributed by atoms with Crippen LogP contribution in [0.1, 0.15) is 56.5 Å². The molecule has 0 saturated carbocycles. The van der Waals surface area contributed by atoms with Crippen LogP contribution in [0.5, 0.6) is 0 Å². The molecule has 0 aliphatic heterocycles. The van der Waals surface area contributed by atoms with Crippen molar-refractivity contribution in [2.24, 2.45) is 0 Å². The number of unbranched alkanes of at least 4 members (excludes halogenated alkanes) is 1. The maximum absolute atomic E-state index is 11.9. The van der Waals surface area contributed by atoms with Crippen molar-refractivity contribution in [1.29, 1.82) is 0 Å². The van der Waals surface area contributed by atoms with Gasteiger partial charge in [-0.25, -0.2) is 4.79 Å². The molecule has 0 aliphatic carbocycles. The zero-order chi connectivity index (χ0) is 13.6. The molecule has 0 amide bonds. The van der Waals surface area contributed by atoms with E-state index in [1.54, 1.807) is 6.07 Å². The normalized spacial score (nSPS) is 11.3. The zero-order valence-corrected chi connectivity index (χ0v) is 11.7. The number of hydrogen-bond acceptors (Lipinski definition) is 3. The van der Waals surface area contributed by atoms with Crippen molar-refractivity contribution < 1.29 is 14.6 Å². The Bertz CT molecular complexity index is 391. The molecular formula is C15H22O3. The first-order valence-corrected chi connectivity index (χ1v) is 6.42. The summed E-state index contributed by atoms with van der Waals surface area (Å²) in [6.45, 7) is 7.64. The fourth-order valence-corrected chi connectivity index (χ4v) is 1.51. The van der Waals surface area contributed by atoms with Gasteiger partial charge in [-0.1, -0.05) is 31.5 Å². The van der Waals surface area contributed by atoms with Crippen LogP contribution >= 0.6 is 0 Å². The maximum atomic E-state index is 11.9. The first-order chi connectivity index (χ1) is 8.44. The molecule has 100 valence electrons. The molecule has 18 heavy (non-hydrogen) atoms. The Hall–Kier alpha value is -1.35. The van der Waals surface area contributed by atoms with Crippen LogP contribution in [0.25, 0.3) is 0 Å². The van der Waals surface area contributed by atoms with Gasteiger partial charge in [-0.05, 0) is 45.2 Å². The highest BCUT2D eigenvalue weighted by Gasteiger charge is 2.18. The van der Waals surface area contributed by atoms with Gasteiger partial charge in [0, 0.05) is 0 Å². The predicted octanol–water partition coefficient (Wildman–Crippen LogP) is 3.92. The van der Waals surface area contributed by atoms with E-state index in [1.165, 1.54) is 0 Å². The SMILES string of the molecule is CCCCc1ccccc1C(=O)OOC(C)(C)C. The highest BCUT2D eigenvalue weighted by Crippen LogP contribution is 2.15. The van der Waals surface area contributed by atoms with E-state index in [0.717, 1.165) is 24.8 Å². The van der Waals surface area contributed by atoms with Crippen LogP contribution in [0.4, 0.5) is 0 Å². The molecule has 0 radical (unpaired) electrons. The molecule has 0 unspecified atom stereocenters. The molecule has 0 aliphatic rings. The molecule has 0 fully saturated rings. The number of carbonyl (C=O) groups is 1. The quantitative estimate of drug-likeness (QED) is 0.587. The van der Waals surface area contributed by atoms with Crippen LogP contribution in [0.2, 0.25) is 0 Å². The van der Waals surface area contributed by atoms with E-state index in [2.05, 4.69) is 6.92 Å². The Morgan fingerprint density at radius 2 is 1.89 bits per heavy atom. The summed E-state index contributed by atoms with van der Waals surface area (Å²) in [4.78, 5) is 21.9. The summed E-state index contributed by atoms with van der Waals surface area (Å²) in [5, 5.41) is 0. The monoisotopic (exact) mass is 250 g/mol. The number of hydrogen-bond donors (Lipinski definition) is 0. The lowest BCUT2D eigenvalue weighted by molar-refractivity contribution is -0.301. The minimum Gasteiger partial charge on any atom is -0.292 e. The summed E-state index contributed by atoms with van der Waals surface area (Å²) in [5.41, 5.74) is 1.12. The third kappa shape index (κ3) is 4.88. The van der Waals surface area contributed by atoms with Crippen molar-refractivity contribution >= 4 is 5.97 Å². The second-order valence-electron chi connectivity index (χ2n) is 5.33. The number of aryl methyl sites for hydroxylation is 1. The Morgan fingerprint density at radius 1 is 1.22 bits per heavy atom. The van der Waals surface area contributed by atoms with Gasteiger partial charge in [0.2, 0.25) is 0 Å². The van der Waals surface area contributed by atoms with Gasteiger partial charge in [-0.15, -0.1) is 0 Å². The Kier molecular flexibility index (Phi) is 5.35. The lowest BCUT2D eigenvalue weighted by Crippen LogP contribution is -2.22. The second kappa shape index (κ2) is 6.55. The fourth-order valence-electron chi connectivity index (χ4n) is 1.51. The van der Waals surface area contributed by atoms with Crippen LogP contribution < -0.4 is 0 Å². The largest absolute Gasteiger partial charge is 0.373 e. The van der Waals surface area contributed by atoms with Crippen LogP contribution in [0.15, 0.2) is 24.3 Å². The summed E-state index contributed by atoms with van der Waals surface area (Å²) in [7, 11) is 0. The van der Waals surface area contributed by atoms with Gasteiger partial charge in [0.25, 0.3) is 0 Å². The summed E-state index contributed by atoms with van der Waals surface area (Å²) < 4.78 is 0. The summed E-state index contributed by atoms with van der Waals surface area (Å²) in [5.74, 6) is -0.420. The average molecular weight is 250 g/mol. The van der Waals surface area contributed by atoms with E-state index >= 15 is 0 Å². The summed E-state index contributed by atoms with van der Waals surface area (Å²) in [6, 6.07) is 7.51. The zero-order valence-electron chi connectivity index (χ0n) is 11.7. The topological polar surface area (TPSA) is 35.5 Å². The first-order valence-electron chi connectivity index (χ1n) is 6.42. The smallest absolute Gasteiger partial charge is 0.292 e. The van der Waals surface area contributed by atoms with E-state index in [0.29, 0.717) is 5.56 Å². The molecule has 0 N–H and O–H groups in total. The molecule has 1 aromatic carbocycles. The average Bonchev–Trinajstić information content (AvgIpc) is 2.33. The number of rotatable bonds is 5. The van der Waals surface area contributed by atoms with E-state index in [4.69, 9.17) is 9.78 Å². The molecule has 3 nitrogen and oxygen atoms in total. The van der Waals surface area contributed by atoms with Crippen molar-refractivity contribution in [2.75, 3.05) is 0 Å². The lowest BCUT2D eigenvalue weighted by Gasteiger charge is -2.17. The van der Waals surface area contributed by atoms with Crippen LogP contribution in [0.3, 0.4) is 0 Å². The Balaban J connectivity index is 2.72. The summed E-state index contributed by atoms with van der Waals surface area (Å²) >= 11 is 0. The number of carbonyl (C=O) groups excluding carboxylic acids is 1. The molecule has 0 aromatic heterocycles. The van der Waals surface area contributed by atoms with Crippen molar-refractivity contribution in [2.45, 2.75) is 52.6 Å². The van der Waals surface area contributed by atoms with Gasteiger partial charge < -0.3 is 0 Å². The predicted molar refractivity (Wildman–Crippen MR) is 71.3 cm³/mol. The van der Waals surface area contributed by atoms with Crippen molar-refractivity contribution in [3.63, 3.8) is 0 Å². The lowest BCUT2D eigenvalue weighted by atomic mass is 10.0. The Morgan fingerprint density at radius 3 is 2.50 bits per heavy atom. The molecule has 0 atom stereocenters. The third-order valence-corrected chi connectivity index (χ3v) is 2.40. The molecule has 3 heteroatoms. The van der Waals surface area contributed by atoms with Gasteiger partial charge in [-0.3, -0.25) is 4.89 Å². The van der Waals surface area contributed by atoms with Crippen molar-refractivity contribution in [3.05, 3.63) is 35.4 Å². The molecule has 0 bridgehead atoms. The fraction of sp³-hybridized carbons (Fsp3) is 0.533. The van der Waals surface area contributed by atoms with E-state index in [1.807, 2.05) is 39.0 Å². The van der Waals surface area contributed by atoms with Gasteiger partial charge in [-0.2, -0.15) is 4.89 Å². The van der Waals surface area contributed by atoms with E-state index in [9.17, 15) is 4.79 Å². The summed E-state index contributed by atoms with van der Waals surface area (Å²) in [6.07, 6.45) is 3.05. The molecule has 1 aromatic rings.